The second kappa shape index (κ2) is 6.41. The Hall–Kier alpha value is -2.73. The highest BCUT2D eigenvalue weighted by Crippen LogP contribution is 2.22. The third-order valence-corrected chi connectivity index (χ3v) is 4.31. The average molecular weight is 322 g/mol. The number of pyridine rings is 1. The molecule has 1 N–H and O–H groups in total. The monoisotopic (exact) mass is 322 g/mol. The Morgan fingerprint density at radius 2 is 2.04 bits per heavy atom. The van der Waals surface area contributed by atoms with E-state index in [0.717, 1.165) is 36.8 Å². The van der Waals surface area contributed by atoms with Crippen LogP contribution in [0.3, 0.4) is 0 Å². The van der Waals surface area contributed by atoms with E-state index >= 15 is 0 Å². The van der Waals surface area contributed by atoms with E-state index in [4.69, 9.17) is 4.74 Å². The number of amides is 1. The zero-order chi connectivity index (χ0) is 16.4. The van der Waals surface area contributed by atoms with Gasteiger partial charge in [0, 0.05) is 31.0 Å². The first-order chi connectivity index (χ1) is 11.8. The van der Waals surface area contributed by atoms with Gasteiger partial charge in [0.2, 0.25) is 0 Å². The fourth-order valence-electron chi connectivity index (χ4n) is 3.04. The van der Waals surface area contributed by atoms with Crippen LogP contribution >= 0.6 is 0 Å². The van der Waals surface area contributed by atoms with Crippen LogP contribution in [0.1, 0.15) is 29.4 Å². The first-order valence-electron chi connectivity index (χ1n) is 8.08. The molecule has 1 aliphatic heterocycles. The number of rotatable bonds is 3. The van der Waals surface area contributed by atoms with Crippen molar-refractivity contribution in [3.63, 3.8) is 0 Å². The Morgan fingerprint density at radius 1 is 1.21 bits per heavy atom. The van der Waals surface area contributed by atoms with E-state index in [1.54, 1.807) is 12.4 Å². The summed E-state index contributed by atoms with van der Waals surface area (Å²) < 4.78 is 7.28. The molecule has 0 spiro atoms. The quantitative estimate of drug-likeness (QED) is 0.805. The number of carbonyl (C=O) groups excluding carboxylic acids is 1. The van der Waals surface area contributed by atoms with Gasteiger partial charge in [0.05, 0.1) is 17.9 Å². The van der Waals surface area contributed by atoms with Crippen molar-refractivity contribution in [2.75, 3.05) is 18.5 Å². The average Bonchev–Trinajstić information content (AvgIpc) is 3.10. The molecule has 6 nitrogen and oxygen atoms in total. The lowest BCUT2D eigenvalue weighted by Crippen LogP contribution is -2.20. The number of fused-ring (bicyclic) bond motifs is 1. The van der Waals surface area contributed by atoms with Gasteiger partial charge in [-0.3, -0.25) is 14.5 Å². The number of nitrogens with one attached hydrogen (secondary N) is 1. The number of hydrogen-bond acceptors (Lipinski definition) is 4. The maximum absolute atomic E-state index is 12.6. The van der Waals surface area contributed by atoms with E-state index in [1.807, 2.05) is 41.2 Å². The van der Waals surface area contributed by atoms with Gasteiger partial charge in [-0.2, -0.15) is 5.10 Å². The molecule has 0 saturated carbocycles. The van der Waals surface area contributed by atoms with Crippen molar-refractivity contribution in [3.8, 4) is 0 Å². The summed E-state index contributed by atoms with van der Waals surface area (Å²) in [4.78, 5) is 16.8. The van der Waals surface area contributed by atoms with Gasteiger partial charge in [0.15, 0.2) is 0 Å². The number of anilines is 1. The Bertz CT molecular complexity index is 863. The van der Waals surface area contributed by atoms with E-state index < -0.39 is 0 Å². The van der Waals surface area contributed by atoms with Crippen LogP contribution in [0.2, 0.25) is 0 Å². The zero-order valence-electron chi connectivity index (χ0n) is 13.2. The first-order valence-corrected chi connectivity index (χ1v) is 8.08. The maximum atomic E-state index is 12.6. The summed E-state index contributed by atoms with van der Waals surface area (Å²) in [7, 11) is 0. The van der Waals surface area contributed by atoms with Gasteiger partial charge in [-0.05, 0) is 24.3 Å². The molecule has 0 unspecified atom stereocenters. The predicted octanol–water partition coefficient (Wildman–Crippen LogP) is 3.04. The topological polar surface area (TPSA) is 69.0 Å². The molecular weight excluding hydrogens is 304 g/mol. The van der Waals surface area contributed by atoms with E-state index in [1.165, 1.54) is 0 Å². The van der Waals surface area contributed by atoms with E-state index in [9.17, 15) is 4.79 Å². The molecule has 1 aliphatic rings. The number of benzene rings is 1. The molecule has 6 heteroatoms. The minimum absolute atomic E-state index is 0.224. The van der Waals surface area contributed by atoms with Crippen LogP contribution in [0.25, 0.3) is 10.8 Å². The molecule has 4 rings (SSSR count). The summed E-state index contributed by atoms with van der Waals surface area (Å²) in [5.74, 6) is -0.224. The van der Waals surface area contributed by atoms with Crippen LogP contribution in [0.15, 0.2) is 48.9 Å². The van der Waals surface area contributed by atoms with Crippen LogP contribution in [-0.2, 0) is 4.74 Å². The van der Waals surface area contributed by atoms with E-state index in [0.29, 0.717) is 17.4 Å². The number of carbonyl (C=O) groups is 1. The van der Waals surface area contributed by atoms with Crippen LogP contribution < -0.4 is 5.32 Å². The molecule has 1 saturated heterocycles. The second-order valence-corrected chi connectivity index (χ2v) is 5.89. The summed E-state index contributed by atoms with van der Waals surface area (Å²) in [6.45, 7) is 1.51. The van der Waals surface area contributed by atoms with Gasteiger partial charge in [-0.1, -0.05) is 24.3 Å². The lowest BCUT2D eigenvalue weighted by atomic mass is 10.1. The summed E-state index contributed by atoms with van der Waals surface area (Å²) in [5.41, 5.74) is 1.10. The summed E-state index contributed by atoms with van der Waals surface area (Å²) in [6.07, 6.45) is 7.10. The molecule has 3 heterocycles. The molecule has 1 aromatic carbocycles. The van der Waals surface area contributed by atoms with Gasteiger partial charge in [0.1, 0.15) is 5.69 Å². The fraction of sp³-hybridized carbons (Fsp3) is 0.278. The van der Waals surface area contributed by atoms with Gasteiger partial charge in [0.25, 0.3) is 5.91 Å². The smallest absolute Gasteiger partial charge is 0.274 e. The Kier molecular flexibility index (Phi) is 3.96. The minimum atomic E-state index is -0.224. The standard InChI is InChI=1S/C18H18N4O2/c23-18(17-16-4-2-1-3-13(16)5-8-19-17)21-14-11-20-22(12-14)15-6-9-24-10-7-15/h1-5,8,11-12,15H,6-7,9-10H2,(H,21,23). The van der Waals surface area contributed by atoms with Crippen LogP contribution in [0.4, 0.5) is 5.69 Å². The molecule has 1 fully saturated rings. The Balaban J connectivity index is 1.54. The molecule has 0 atom stereocenters. The van der Waals surface area contributed by atoms with E-state index in [2.05, 4.69) is 15.4 Å². The van der Waals surface area contributed by atoms with Gasteiger partial charge < -0.3 is 10.1 Å². The molecule has 1 amide bonds. The van der Waals surface area contributed by atoms with Gasteiger partial charge >= 0.3 is 0 Å². The highest BCUT2D eigenvalue weighted by molar-refractivity contribution is 6.11. The summed E-state index contributed by atoms with van der Waals surface area (Å²) >= 11 is 0. The fourth-order valence-corrected chi connectivity index (χ4v) is 3.04. The Morgan fingerprint density at radius 3 is 2.92 bits per heavy atom. The van der Waals surface area contributed by atoms with Crippen LogP contribution in [-0.4, -0.2) is 33.9 Å². The van der Waals surface area contributed by atoms with Crippen molar-refractivity contribution in [2.45, 2.75) is 18.9 Å². The molecule has 122 valence electrons. The molecule has 0 radical (unpaired) electrons. The van der Waals surface area contributed by atoms with Crippen LogP contribution in [0.5, 0.6) is 0 Å². The molecule has 3 aromatic rings. The molecule has 0 bridgehead atoms. The minimum Gasteiger partial charge on any atom is -0.381 e. The van der Waals surface area contributed by atoms with Crippen molar-refractivity contribution in [2.24, 2.45) is 0 Å². The van der Waals surface area contributed by atoms with Crippen molar-refractivity contribution in [1.29, 1.82) is 0 Å². The molecular formula is C18H18N4O2. The number of aromatic nitrogens is 3. The maximum Gasteiger partial charge on any atom is 0.274 e. The lowest BCUT2D eigenvalue weighted by molar-refractivity contribution is 0.0662. The first kappa shape index (κ1) is 14.8. The lowest BCUT2D eigenvalue weighted by Gasteiger charge is -2.22. The third-order valence-electron chi connectivity index (χ3n) is 4.31. The van der Waals surface area contributed by atoms with Crippen LogP contribution in [0, 0.1) is 0 Å². The van der Waals surface area contributed by atoms with Gasteiger partial charge in [-0.25, -0.2) is 0 Å². The van der Waals surface area contributed by atoms with E-state index in [-0.39, 0.29) is 5.91 Å². The van der Waals surface area contributed by atoms with Crippen molar-refractivity contribution >= 4 is 22.4 Å². The third kappa shape index (κ3) is 2.88. The molecule has 2 aromatic heterocycles. The Labute approximate surface area is 139 Å². The predicted molar refractivity (Wildman–Crippen MR) is 91.0 cm³/mol. The van der Waals surface area contributed by atoms with Crippen molar-refractivity contribution in [1.82, 2.24) is 14.8 Å². The summed E-state index contributed by atoms with van der Waals surface area (Å²) in [5, 5.41) is 9.11. The number of nitrogens with zero attached hydrogens (tertiary/aromatic N) is 3. The molecule has 24 heavy (non-hydrogen) atoms. The normalized spacial score (nSPS) is 15.5. The summed E-state index contributed by atoms with van der Waals surface area (Å²) in [6, 6.07) is 9.96. The number of ether oxygens (including phenoxy) is 1. The number of hydrogen-bond donors (Lipinski definition) is 1. The van der Waals surface area contributed by atoms with Crippen molar-refractivity contribution < 1.29 is 9.53 Å². The SMILES string of the molecule is O=C(Nc1cnn(C2CCOCC2)c1)c1nccc2ccccc12. The zero-order valence-corrected chi connectivity index (χ0v) is 13.2. The molecule has 0 aliphatic carbocycles. The highest BCUT2D eigenvalue weighted by atomic mass is 16.5. The second-order valence-electron chi connectivity index (χ2n) is 5.89. The van der Waals surface area contributed by atoms with Gasteiger partial charge in [-0.15, -0.1) is 0 Å². The highest BCUT2D eigenvalue weighted by Gasteiger charge is 2.18. The largest absolute Gasteiger partial charge is 0.381 e. The van der Waals surface area contributed by atoms with Crippen molar-refractivity contribution in [3.05, 3.63) is 54.6 Å².